The quantitative estimate of drug-likeness (QED) is 0.382. The molecule has 5 heavy (non-hydrogen) atoms. The fraction of sp³-hybridized carbons (Fsp3) is 1.00. The molecule has 0 radical (unpaired) electrons. The maximum Gasteiger partial charge on any atom is 0.0662 e. The van der Waals surface area contributed by atoms with Gasteiger partial charge in [-0.2, -0.15) is 0 Å². The van der Waals surface area contributed by atoms with Crippen LogP contribution in [0.15, 0.2) is 0 Å². The van der Waals surface area contributed by atoms with Gasteiger partial charge in [-0.3, -0.25) is 0 Å². The maximum absolute atomic E-state index is 7.62. The van der Waals surface area contributed by atoms with Crippen LogP contribution in [-0.2, 0) is 0 Å². The van der Waals surface area contributed by atoms with E-state index in [0.717, 1.165) is 0 Å². The zero-order chi connectivity index (χ0) is 3.41. The highest BCUT2D eigenvalue weighted by molar-refractivity contribution is 4.06. The van der Waals surface area contributed by atoms with E-state index in [0.29, 0.717) is 0 Å². The summed E-state index contributed by atoms with van der Waals surface area (Å²) < 4.78 is 0. The first-order valence-electron chi connectivity index (χ1n) is 1.13. The molecule has 0 aromatic rings. The van der Waals surface area contributed by atoms with Crippen molar-refractivity contribution >= 4 is 0 Å². The lowest BCUT2D eigenvalue weighted by Gasteiger charge is -1.70. The van der Waals surface area contributed by atoms with Crippen molar-refractivity contribution in [3.8, 4) is 0 Å². The molecule has 34 valence electrons. The highest BCUT2D eigenvalue weighted by atomic mass is 16.3. The number of hydrogen-bond donors (Lipinski definition) is 3. The molecular weight excluding hydrogens is 70.0 g/mol. The first-order chi connectivity index (χ1) is 1.91. The molecule has 3 heteroatoms. The monoisotopic (exact) mass is 79.1 g/mol. The zero-order valence-electron chi connectivity index (χ0n) is 3.02. The molecule has 0 aliphatic heterocycles. The molecule has 3 nitrogen and oxygen atoms in total. The minimum absolute atomic E-state index is 0. The Morgan fingerprint density at radius 1 is 1.00 bits per heavy atom. The molecule has 0 saturated carbocycles. The molecule has 0 fully saturated rings. The Labute approximate surface area is 30.8 Å². The second kappa shape index (κ2) is 9.11. The van der Waals surface area contributed by atoms with Crippen LogP contribution in [0.25, 0.3) is 0 Å². The van der Waals surface area contributed by atoms with Crippen LogP contribution >= 0.6 is 0 Å². The SMILES string of the molecule is N.OCCO. The van der Waals surface area contributed by atoms with E-state index in [-0.39, 0.29) is 19.4 Å². The lowest BCUT2D eigenvalue weighted by Crippen LogP contribution is -1.85. The smallest absolute Gasteiger partial charge is 0.0662 e. The minimum atomic E-state index is -0.125. The molecule has 0 aliphatic rings. The van der Waals surface area contributed by atoms with Crippen LogP contribution in [0.5, 0.6) is 0 Å². The molecule has 0 heterocycles. The predicted molar refractivity (Wildman–Crippen MR) is 19.2 cm³/mol. The molecule has 0 aromatic carbocycles. The molecule has 0 aliphatic carbocycles. The topological polar surface area (TPSA) is 75.5 Å². The first kappa shape index (κ1) is 8.86. The minimum Gasteiger partial charge on any atom is -0.394 e. The van der Waals surface area contributed by atoms with Gasteiger partial charge in [0, 0.05) is 0 Å². The van der Waals surface area contributed by atoms with Gasteiger partial charge in [0.05, 0.1) is 13.2 Å². The van der Waals surface area contributed by atoms with Gasteiger partial charge in [0.25, 0.3) is 0 Å². The summed E-state index contributed by atoms with van der Waals surface area (Å²) in [6.07, 6.45) is 0. The third-order valence-corrected chi connectivity index (χ3v) is 0.1000. The summed E-state index contributed by atoms with van der Waals surface area (Å²) in [5.74, 6) is 0. The van der Waals surface area contributed by atoms with Crippen LogP contribution in [0.1, 0.15) is 0 Å². The molecule has 0 aromatic heterocycles. The molecule has 0 unspecified atom stereocenters. The van der Waals surface area contributed by atoms with Crippen molar-refractivity contribution in [1.29, 1.82) is 0 Å². The predicted octanol–water partition coefficient (Wildman–Crippen LogP) is -0.867. The summed E-state index contributed by atoms with van der Waals surface area (Å²) in [5, 5.41) is 15.2. The summed E-state index contributed by atoms with van der Waals surface area (Å²) in [6.45, 7) is -0.250. The van der Waals surface area contributed by atoms with Gasteiger partial charge in [0.1, 0.15) is 0 Å². The van der Waals surface area contributed by atoms with Crippen molar-refractivity contribution < 1.29 is 10.2 Å². The van der Waals surface area contributed by atoms with E-state index >= 15 is 0 Å². The van der Waals surface area contributed by atoms with E-state index in [4.69, 9.17) is 10.2 Å². The standard InChI is InChI=1S/C2H6O2.H3N/c3-1-2-4;/h3-4H,1-2H2;1H3. The van der Waals surface area contributed by atoms with Crippen molar-refractivity contribution in [1.82, 2.24) is 6.15 Å². The van der Waals surface area contributed by atoms with Crippen LogP contribution < -0.4 is 6.15 Å². The summed E-state index contributed by atoms with van der Waals surface area (Å²) in [4.78, 5) is 0. The summed E-state index contributed by atoms with van der Waals surface area (Å²) in [7, 11) is 0. The van der Waals surface area contributed by atoms with Crippen molar-refractivity contribution in [2.24, 2.45) is 0 Å². The van der Waals surface area contributed by atoms with Gasteiger partial charge in [-0.25, -0.2) is 0 Å². The maximum atomic E-state index is 7.62. The van der Waals surface area contributed by atoms with E-state index in [9.17, 15) is 0 Å². The lowest BCUT2D eigenvalue weighted by molar-refractivity contribution is 0.186. The van der Waals surface area contributed by atoms with E-state index in [1.807, 2.05) is 0 Å². The molecule has 0 bridgehead atoms. The van der Waals surface area contributed by atoms with Crippen molar-refractivity contribution in [2.45, 2.75) is 0 Å². The molecule has 0 rings (SSSR count). The normalized spacial score (nSPS) is 6.00. The van der Waals surface area contributed by atoms with Crippen molar-refractivity contribution in [3.05, 3.63) is 0 Å². The van der Waals surface area contributed by atoms with E-state index in [2.05, 4.69) is 0 Å². The summed E-state index contributed by atoms with van der Waals surface area (Å²) in [5.41, 5.74) is 0. The summed E-state index contributed by atoms with van der Waals surface area (Å²) >= 11 is 0. The fourth-order valence-corrected chi connectivity index (χ4v) is 0. The molecule has 0 saturated heterocycles. The Morgan fingerprint density at radius 3 is 1.20 bits per heavy atom. The number of aliphatic hydroxyl groups is 2. The van der Waals surface area contributed by atoms with Gasteiger partial charge in [0.2, 0.25) is 0 Å². The fourth-order valence-electron chi connectivity index (χ4n) is 0. The zero-order valence-corrected chi connectivity index (χ0v) is 3.02. The van der Waals surface area contributed by atoms with Crippen LogP contribution in [0.3, 0.4) is 0 Å². The van der Waals surface area contributed by atoms with Crippen LogP contribution in [0, 0.1) is 0 Å². The Hall–Kier alpha value is -0.120. The second-order valence-corrected chi connectivity index (χ2v) is 0.447. The van der Waals surface area contributed by atoms with Gasteiger partial charge in [-0.05, 0) is 0 Å². The molecule has 0 amide bonds. The largest absolute Gasteiger partial charge is 0.394 e. The van der Waals surface area contributed by atoms with Gasteiger partial charge in [-0.15, -0.1) is 0 Å². The highest BCUT2D eigenvalue weighted by Gasteiger charge is 1.58. The molecular formula is C2H9NO2. The Balaban J connectivity index is 0. The lowest BCUT2D eigenvalue weighted by atomic mass is 10.8. The third-order valence-electron chi connectivity index (χ3n) is 0.1000. The van der Waals surface area contributed by atoms with Gasteiger partial charge < -0.3 is 16.4 Å². The Kier molecular flexibility index (Phi) is 16.1. The highest BCUT2D eigenvalue weighted by Crippen LogP contribution is 1.39. The Bertz CT molecular complexity index is 9.61. The van der Waals surface area contributed by atoms with Crippen LogP contribution in [0.4, 0.5) is 0 Å². The average molecular weight is 79.1 g/mol. The second-order valence-electron chi connectivity index (χ2n) is 0.447. The summed E-state index contributed by atoms with van der Waals surface area (Å²) in [6, 6.07) is 0. The van der Waals surface area contributed by atoms with E-state index in [1.165, 1.54) is 0 Å². The first-order valence-corrected chi connectivity index (χ1v) is 1.13. The van der Waals surface area contributed by atoms with Gasteiger partial charge >= 0.3 is 0 Å². The number of hydrogen-bond acceptors (Lipinski definition) is 3. The third kappa shape index (κ3) is 17.7. The van der Waals surface area contributed by atoms with E-state index < -0.39 is 0 Å². The Morgan fingerprint density at radius 2 is 1.20 bits per heavy atom. The van der Waals surface area contributed by atoms with Crippen molar-refractivity contribution in [2.75, 3.05) is 13.2 Å². The number of aliphatic hydroxyl groups excluding tert-OH is 2. The van der Waals surface area contributed by atoms with Gasteiger partial charge in [-0.1, -0.05) is 0 Å². The van der Waals surface area contributed by atoms with Gasteiger partial charge in [0.15, 0.2) is 0 Å². The van der Waals surface area contributed by atoms with E-state index in [1.54, 1.807) is 0 Å². The molecule has 5 N–H and O–H groups in total. The average Bonchev–Trinajstić information content (AvgIpc) is 1.37. The van der Waals surface area contributed by atoms with Crippen LogP contribution in [0.2, 0.25) is 0 Å². The molecule has 0 spiro atoms. The van der Waals surface area contributed by atoms with Crippen LogP contribution in [-0.4, -0.2) is 23.4 Å². The number of rotatable bonds is 1. The van der Waals surface area contributed by atoms with Crippen molar-refractivity contribution in [3.63, 3.8) is 0 Å². The molecule has 0 atom stereocenters.